The SMILES string of the molecule is COc1ccc(Cc2nn(CN3CCOCC3)c(=S)o2)cc1. The van der Waals surface area contributed by atoms with Crippen LogP contribution in [0, 0.1) is 4.84 Å². The fraction of sp³-hybridized carbons (Fsp3) is 0.467. The largest absolute Gasteiger partial charge is 0.497 e. The summed E-state index contributed by atoms with van der Waals surface area (Å²) in [6.45, 7) is 3.94. The number of methoxy groups -OCH3 is 1. The van der Waals surface area contributed by atoms with E-state index in [0.29, 0.717) is 23.8 Å². The maximum Gasteiger partial charge on any atom is 0.288 e. The number of benzene rings is 1. The van der Waals surface area contributed by atoms with Gasteiger partial charge in [0.1, 0.15) is 5.75 Å². The van der Waals surface area contributed by atoms with Crippen molar-refractivity contribution in [1.29, 1.82) is 0 Å². The quantitative estimate of drug-likeness (QED) is 0.786. The molecule has 0 atom stereocenters. The summed E-state index contributed by atoms with van der Waals surface area (Å²) in [6, 6.07) is 7.85. The minimum atomic E-state index is 0.412. The summed E-state index contributed by atoms with van der Waals surface area (Å²) in [5.41, 5.74) is 1.11. The highest BCUT2D eigenvalue weighted by Crippen LogP contribution is 2.14. The van der Waals surface area contributed by atoms with E-state index >= 15 is 0 Å². The molecular weight excluding hydrogens is 302 g/mol. The summed E-state index contributed by atoms with van der Waals surface area (Å²) in [7, 11) is 1.65. The number of rotatable bonds is 5. The predicted molar refractivity (Wildman–Crippen MR) is 83.5 cm³/mol. The van der Waals surface area contributed by atoms with Gasteiger partial charge in [0.2, 0.25) is 5.89 Å². The van der Waals surface area contributed by atoms with Gasteiger partial charge in [0.05, 0.1) is 33.4 Å². The normalized spacial score (nSPS) is 15.9. The third-order valence-corrected chi connectivity index (χ3v) is 3.89. The van der Waals surface area contributed by atoms with Crippen LogP contribution in [0.3, 0.4) is 0 Å². The van der Waals surface area contributed by atoms with Gasteiger partial charge in [-0.25, -0.2) is 4.68 Å². The van der Waals surface area contributed by atoms with Crippen LogP contribution < -0.4 is 4.74 Å². The van der Waals surface area contributed by atoms with Crippen molar-refractivity contribution < 1.29 is 13.9 Å². The standard InChI is InChI=1S/C15H19N3O3S/c1-19-13-4-2-12(3-5-13)10-14-16-18(15(22)21-14)11-17-6-8-20-9-7-17/h2-5H,6-11H2,1H3. The molecule has 1 aliphatic heterocycles. The minimum Gasteiger partial charge on any atom is -0.497 e. The zero-order chi connectivity index (χ0) is 15.4. The van der Waals surface area contributed by atoms with E-state index in [2.05, 4.69) is 10.00 Å². The molecule has 2 aromatic rings. The van der Waals surface area contributed by atoms with Crippen molar-refractivity contribution in [3.8, 4) is 5.75 Å². The zero-order valence-electron chi connectivity index (χ0n) is 12.5. The van der Waals surface area contributed by atoms with E-state index in [4.69, 9.17) is 26.1 Å². The fourth-order valence-electron chi connectivity index (χ4n) is 2.36. The molecule has 3 rings (SSSR count). The average molecular weight is 321 g/mol. The molecule has 0 saturated carbocycles. The van der Waals surface area contributed by atoms with E-state index in [1.54, 1.807) is 11.8 Å². The average Bonchev–Trinajstić information content (AvgIpc) is 2.88. The summed E-state index contributed by atoms with van der Waals surface area (Å²) in [6.07, 6.45) is 0.615. The fourth-order valence-corrected chi connectivity index (χ4v) is 2.55. The first-order valence-electron chi connectivity index (χ1n) is 7.24. The Morgan fingerprint density at radius 2 is 1.95 bits per heavy atom. The van der Waals surface area contributed by atoms with Gasteiger partial charge in [-0.3, -0.25) is 4.90 Å². The highest BCUT2D eigenvalue weighted by molar-refractivity contribution is 7.71. The highest BCUT2D eigenvalue weighted by Gasteiger charge is 2.13. The van der Waals surface area contributed by atoms with Gasteiger partial charge in [0, 0.05) is 13.1 Å². The number of nitrogens with zero attached hydrogens (tertiary/aromatic N) is 3. The molecule has 1 aromatic heterocycles. The molecule has 1 aromatic carbocycles. The van der Waals surface area contributed by atoms with Crippen LogP contribution in [0.5, 0.6) is 5.75 Å². The lowest BCUT2D eigenvalue weighted by molar-refractivity contribution is 0.0206. The molecule has 6 nitrogen and oxygen atoms in total. The van der Waals surface area contributed by atoms with Crippen molar-refractivity contribution in [2.45, 2.75) is 13.1 Å². The van der Waals surface area contributed by atoms with Crippen molar-refractivity contribution in [3.05, 3.63) is 40.6 Å². The lowest BCUT2D eigenvalue weighted by atomic mass is 10.1. The van der Waals surface area contributed by atoms with Crippen LogP contribution in [0.15, 0.2) is 28.7 Å². The van der Waals surface area contributed by atoms with E-state index in [1.165, 1.54) is 0 Å². The van der Waals surface area contributed by atoms with Crippen LogP contribution in [0.25, 0.3) is 0 Å². The Hall–Kier alpha value is -1.70. The Morgan fingerprint density at radius 3 is 2.64 bits per heavy atom. The van der Waals surface area contributed by atoms with Crippen molar-refractivity contribution in [2.75, 3.05) is 33.4 Å². The zero-order valence-corrected chi connectivity index (χ0v) is 13.3. The molecule has 1 aliphatic rings. The van der Waals surface area contributed by atoms with Gasteiger partial charge >= 0.3 is 0 Å². The Kier molecular flexibility index (Phi) is 4.87. The maximum atomic E-state index is 5.59. The summed E-state index contributed by atoms with van der Waals surface area (Å²) in [4.78, 5) is 2.66. The number of morpholine rings is 1. The first-order chi connectivity index (χ1) is 10.7. The smallest absolute Gasteiger partial charge is 0.288 e. The molecule has 0 N–H and O–H groups in total. The monoisotopic (exact) mass is 321 g/mol. The topological polar surface area (TPSA) is 52.7 Å². The lowest BCUT2D eigenvalue weighted by Crippen LogP contribution is -2.37. The van der Waals surface area contributed by atoms with Crippen molar-refractivity contribution in [2.24, 2.45) is 0 Å². The lowest BCUT2D eigenvalue weighted by Gasteiger charge is -2.25. The van der Waals surface area contributed by atoms with Gasteiger partial charge in [-0.15, -0.1) is 5.10 Å². The van der Waals surface area contributed by atoms with Crippen LogP contribution in [-0.2, 0) is 17.8 Å². The predicted octanol–water partition coefficient (Wildman–Crippen LogP) is 2.09. The molecule has 1 saturated heterocycles. The van der Waals surface area contributed by atoms with Gasteiger partial charge in [-0.1, -0.05) is 12.1 Å². The van der Waals surface area contributed by atoms with E-state index in [1.807, 2.05) is 24.3 Å². The number of hydrogen-bond donors (Lipinski definition) is 0. The van der Waals surface area contributed by atoms with E-state index < -0.39 is 0 Å². The maximum absolute atomic E-state index is 5.59. The summed E-state index contributed by atoms with van der Waals surface area (Å²) in [5.74, 6) is 1.46. The van der Waals surface area contributed by atoms with Crippen LogP contribution >= 0.6 is 12.2 Å². The molecule has 0 unspecified atom stereocenters. The molecule has 7 heteroatoms. The molecule has 1 fully saturated rings. The second kappa shape index (κ2) is 7.04. The molecular formula is C15H19N3O3S. The van der Waals surface area contributed by atoms with Crippen LogP contribution in [-0.4, -0.2) is 48.1 Å². The van der Waals surface area contributed by atoms with Gasteiger partial charge in [-0.05, 0) is 29.9 Å². The molecule has 0 bridgehead atoms. The van der Waals surface area contributed by atoms with Crippen LogP contribution in [0.1, 0.15) is 11.5 Å². The van der Waals surface area contributed by atoms with Crippen LogP contribution in [0.2, 0.25) is 0 Å². The van der Waals surface area contributed by atoms with Crippen LogP contribution in [0.4, 0.5) is 0 Å². The molecule has 118 valence electrons. The highest BCUT2D eigenvalue weighted by atomic mass is 32.1. The Labute approximate surface area is 134 Å². The van der Waals surface area contributed by atoms with Gasteiger partial charge in [-0.2, -0.15) is 0 Å². The second-order valence-electron chi connectivity index (χ2n) is 5.16. The summed E-state index contributed by atoms with van der Waals surface area (Å²) < 4.78 is 17.8. The molecule has 0 spiro atoms. The Morgan fingerprint density at radius 1 is 1.23 bits per heavy atom. The molecule has 0 radical (unpaired) electrons. The van der Waals surface area contributed by atoms with Crippen molar-refractivity contribution in [1.82, 2.24) is 14.7 Å². The first kappa shape index (κ1) is 15.2. The molecule has 0 aliphatic carbocycles. The second-order valence-corrected chi connectivity index (χ2v) is 5.51. The van der Waals surface area contributed by atoms with E-state index in [9.17, 15) is 0 Å². The Bertz CT molecular complexity index is 659. The van der Waals surface area contributed by atoms with Gasteiger partial charge < -0.3 is 13.9 Å². The van der Waals surface area contributed by atoms with E-state index in [0.717, 1.165) is 37.6 Å². The molecule has 2 heterocycles. The summed E-state index contributed by atoms with van der Waals surface area (Å²) in [5, 5.41) is 4.47. The Balaban J connectivity index is 1.67. The van der Waals surface area contributed by atoms with E-state index in [-0.39, 0.29) is 0 Å². The number of ether oxygens (including phenoxy) is 2. The van der Waals surface area contributed by atoms with Gasteiger partial charge in [0.15, 0.2) is 0 Å². The third-order valence-electron chi connectivity index (χ3n) is 3.60. The van der Waals surface area contributed by atoms with Crippen molar-refractivity contribution in [3.63, 3.8) is 0 Å². The number of hydrogen-bond acceptors (Lipinski definition) is 6. The van der Waals surface area contributed by atoms with Crippen molar-refractivity contribution >= 4 is 12.2 Å². The first-order valence-corrected chi connectivity index (χ1v) is 7.65. The number of aromatic nitrogens is 2. The molecule has 0 amide bonds. The minimum absolute atomic E-state index is 0.412. The molecule has 22 heavy (non-hydrogen) atoms. The van der Waals surface area contributed by atoms with Gasteiger partial charge in [0.25, 0.3) is 4.84 Å². The summed E-state index contributed by atoms with van der Waals surface area (Å²) >= 11 is 5.25. The third kappa shape index (κ3) is 3.73.